The predicted molar refractivity (Wildman–Crippen MR) is 128 cm³/mol. The Hall–Kier alpha value is -2.78. The van der Waals surface area contributed by atoms with Crippen LogP contribution in [0.3, 0.4) is 0 Å². The molecule has 0 unspecified atom stereocenters. The second-order valence-corrected chi connectivity index (χ2v) is 8.79. The van der Waals surface area contributed by atoms with Gasteiger partial charge in [-0.2, -0.15) is 0 Å². The molecule has 1 aromatic carbocycles. The Bertz CT molecular complexity index is 987. The highest BCUT2D eigenvalue weighted by molar-refractivity contribution is 7.96. The first-order chi connectivity index (χ1) is 15.6. The maximum absolute atomic E-state index is 12.1. The summed E-state index contributed by atoms with van der Waals surface area (Å²) in [7, 11) is 5.52. The fourth-order valence-corrected chi connectivity index (χ4v) is 5.36. The molecule has 9 heteroatoms. The molecule has 2 fully saturated rings. The van der Waals surface area contributed by atoms with E-state index in [1.807, 2.05) is 6.07 Å². The molecule has 2 amide bonds. The molecule has 170 valence electrons. The fraction of sp³-hybridized carbons (Fsp3) is 0.435. The van der Waals surface area contributed by atoms with Crippen molar-refractivity contribution in [3.05, 3.63) is 48.3 Å². The van der Waals surface area contributed by atoms with Crippen LogP contribution in [-0.4, -0.2) is 55.5 Å². The van der Waals surface area contributed by atoms with Crippen molar-refractivity contribution in [2.45, 2.75) is 37.1 Å². The normalized spacial score (nSPS) is 24.1. The molecular weight excluding hydrogens is 426 g/mol. The van der Waals surface area contributed by atoms with E-state index in [1.54, 1.807) is 38.7 Å². The van der Waals surface area contributed by atoms with Crippen LogP contribution in [0.1, 0.15) is 31.2 Å². The van der Waals surface area contributed by atoms with Crippen LogP contribution in [0.15, 0.2) is 47.1 Å². The van der Waals surface area contributed by atoms with Crippen molar-refractivity contribution in [1.82, 2.24) is 14.6 Å². The number of urea groups is 1. The van der Waals surface area contributed by atoms with E-state index in [9.17, 15) is 4.79 Å². The van der Waals surface area contributed by atoms with Gasteiger partial charge in [0.1, 0.15) is 0 Å². The highest BCUT2D eigenvalue weighted by atomic mass is 32.2. The molecule has 0 spiro atoms. The standard InChI is InChI=1S/C23H29N5O3S/c1-28-13-10-23(16-4-5-19(30-2)20(14-16)31-3)9-6-18(15-21(23)28)26-32-27-22(29)25-17-7-11-24-12-8-17/h4-5,7-8,11-12,14,21H,6,9-10,13,15H2,1-3H3,(H2,24,25,27,29)/t21-,23-/m0/s1. The topological polar surface area (TPSA) is 88.1 Å². The van der Waals surface area contributed by atoms with E-state index in [-0.39, 0.29) is 11.4 Å². The minimum Gasteiger partial charge on any atom is -0.493 e. The number of carbonyl (C=O) groups excluding carboxylic acids is 1. The number of amides is 2. The number of nitrogens with zero attached hydrogens (tertiary/aromatic N) is 3. The molecule has 2 N–H and O–H groups in total. The van der Waals surface area contributed by atoms with Crippen LogP contribution in [0.5, 0.6) is 11.5 Å². The van der Waals surface area contributed by atoms with E-state index in [2.05, 4.69) is 43.5 Å². The van der Waals surface area contributed by atoms with Crippen LogP contribution < -0.4 is 19.5 Å². The summed E-state index contributed by atoms with van der Waals surface area (Å²) in [5, 5.41) is 2.76. The van der Waals surface area contributed by atoms with E-state index >= 15 is 0 Å². The number of hydrogen-bond acceptors (Lipinski definition) is 7. The summed E-state index contributed by atoms with van der Waals surface area (Å²) < 4.78 is 18.3. The summed E-state index contributed by atoms with van der Waals surface area (Å²) in [6.07, 6.45) is 7.17. The molecule has 0 bridgehead atoms. The number of benzene rings is 1. The van der Waals surface area contributed by atoms with Crippen molar-refractivity contribution in [1.29, 1.82) is 0 Å². The number of carbonyl (C=O) groups is 1. The van der Waals surface area contributed by atoms with E-state index in [1.165, 1.54) is 5.56 Å². The first kappa shape index (κ1) is 22.4. The first-order valence-electron chi connectivity index (χ1n) is 10.7. The van der Waals surface area contributed by atoms with Crippen LogP contribution in [-0.2, 0) is 5.41 Å². The number of likely N-dealkylation sites (tertiary alicyclic amines) is 1. The number of nitrogens with one attached hydrogen (secondary N) is 2. The number of methoxy groups -OCH3 is 2. The summed E-state index contributed by atoms with van der Waals surface area (Å²) in [6.45, 7) is 1.05. The Labute approximate surface area is 193 Å². The molecule has 4 rings (SSSR count). The lowest BCUT2D eigenvalue weighted by Gasteiger charge is -2.42. The molecule has 1 saturated carbocycles. The van der Waals surface area contributed by atoms with Gasteiger partial charge < -0.3 is 19.7 Å². The Morgan fingerprint density at radius 1 is 1.19 bits per heavy atom. The minimum absolute atomic E-state index is 0.0735. The quantitative estimate of drug-likeness (QED) is 0.639. The molecule has 1 aliphatic carbocycles. The number of ether oxygens (including phenoxy) is 2. The number of fused-ring (bicyclic) bond motifs is 1. The molecule has 1 saturated heterocycles. The second kappa shape index (κ2) is 9.79. The smallest absolute Gasteiger partial charge is 0.330 e. The summed E-state index contributed by atoms with van der Waals surface area (Å²) in [5.74, 6) is 1.52. The fourth-order valence-electron chi connectivity index (χ4n) is 4.89. The number of aromatic nitrogens is 1. The zero-order valence-electron chi connectivity index (χ0n) is 18.6. The zero-order chi connectivity index (χ0) is 22.6. The number of likely N-dealkylation sites (N-methyl/N-ethyl adjacent to an activating group) is 1. The third-order valence-electron chi connectivity index (χ3n) is 6.58. The average molecular weight is 456 g/mol. The van der Waals surface area contributed by atoms with Gasteiger partial charge in [0.25, 0.3) is 0 Å². The summed E-state index contributed by atoms with van der Waals surface area (Å²) in [4.78, 5) is 18.4. The van der Waals surface area contributed by atoms with Gasteiger partial charge in [-0.25, -0.2) is 9.19 Å². The molecule has 1 aliphatic heterocycles. The van der Waals surface area contributed by atoms with Gasteiger partial charge in [-0.3, -0.25) is 9.71 Å². The second-order valence-electron chi connectivity index (χ2n) is 8.22. The molecular formula is C23H29N5O3S. The number of anilines is 1. The Morgan fingerprint density at radius 3 is 2.72 bits per heavy atom. The van der Waals surface area contributed by atoms with Crippen LogP contribution in [0.2, 0.25) is 0 Å². The molecule has 2 heterocycles. The highest BCUT2D eigenvalue weighted by Gasteiger charge is 2.49. The number of pyridine rings is 1. The van der Waals surface area contributed by atoms with Crippen molar-refractivity contribution in [2.75, 3.05) is 33.1 Å². The van der Waals surface area contributed by atoms with Gasteiger partial charge in [0.2, 0.25) is 0 Å². The monoisotopic (exact) mass is 455 g/mol. The molecule has 0 radical (unpaired) electrons. The van der Waals surface area contributed by atoms with Gasteiger partial charge in [0.15, 0.2) is 11.5 Å². The number of hydrogen-bond donors (Lipinski definition) is 2. The zero-order valence-corrected chi connectivity index (χ0v) is 19.4. The predicted octanol–water partition coefficient (Wildman–Crippen LogP) is 4.05. The van der Waals surface area contributed by atoms with E-state index in [4.69, 9.17) is 9.47 Å². The van der Waals surface area contributed by atoms with Crippen LogP contribution in [0, 0.1) is 0 Å². The van der Waals surface area contributed by atoms with E-state index in [0.29, 0.717) is 11.7 Å². The van der Waals surface area contributed by atoms with Crippen molar-refractivity contribution in [3.63, 3.8) is 0 Å². The lowest BCUT2D eigenvalue weighted by molar-refractivity contribution is 0.226. The summed E-state index contributed by atoms with van der Waals surface area (Å²) in [6, 6.07) is 9.84. The van der Waals surface area contributed by atoms with E-state index in [0.717, 1.165) is 61.6 Å². The average Bonchev–Trinajstić information content (AvgIpc) is 3.16. The Kier molecular flexibility index (Phi) is 6.86. The van der Waals surface area contributed by atoms with Crippen molar-refractivity contribution >= 4 is 29.6 Å². The molecule has 32 heavy (non-hydrogen) atoms. The van der Waals surface area contributed by atoms with Crippen LogP contribution >= 0.6 is 12.1 Å². The van der Waals surface area contributed by atoms with Gasteiger partial charge in [-0.1, -0.05) is 6.07 Å². The largest absolute Gasteiger partial charge is 0.493 e. The third-order valence-corrected chi connectivity index (χ3v) is 7.21. The van der Waals surface area contributed by atoms with Crippen molar-refractivity contribution in [3.8, 4) is 11.5 Å². The maximum atomic E-state index is 12.1. The van der Waals surface area contributed by atoms with Crippen LogP contribution in [0.25, 0.3) is 0 Å². The molecule has 8 nitrogen and oxygen atoms in total. The Balaban J connectivity index is 1.42. The lowest BCUT2D eigenvalue weighted by Crippen LogP contribution is -2.46. The minimum atomic E-state index is -0.306. The van der Waals surface area contributed by atoms with Gasteiger partial charge in [0, 0.05) is 41.7 Å². The van der Waals surface area contributed by atoms with Gasteiger partial charge in [-0.05, 0) is 62.7 Å². The first-order valence-corrected chi connectivity index (χ1v) is 11.4. The molecule has 2 aliphatic rings. The lowest BCUT2D eigenvalue weighted by atomic mass is 9.65. The SMILES string of the molecule is COc1ccc([C@@]23CCC(=NSNC(=O)Nc4ccncc4)C[C@@H]2N(C)CC3)cc1OC. The van der Waals surface area contributed by atoms with Gasteiger partial charge in [-0.15, -0.1) is 0 Å². The van der Waals surface area contributed by atoms with Gasteiger partial charge >= 0.3 is 6.03 Å². The molecule has 1 aromatic heterocycles. The Morgan fingerprint density at radius 2 is 1.97 bits per heavy atom. The summed E-state index contributed by atoms with van der Waals surface area (Å²) in [5.41, 5.74) is 3.18. The molecule has 2 atom stereocenters. The maximum Gasteiger partial charge on any atom is 0.330 e. The summed E-state index contributed by atoms with van der Waals surface area (Å²) >= 11 is 1.08. The molecule has 2 aromatic rings. The number of rotatable bonds is 6. The van der Waals surface area contributed by atoms with Crippen molar-refractivity contribution in [2.24, 2.45) is 4.40 Å². The third kappa shape index (κ3) is 4.54. The van der Waals surface area contributed by atoms with E-state index < -0.39 is 0 Å². The van der Waals surface area contributed by atoms with Crippen LogP contribution in [0.4, 0.5) is 10.5 Å². The highest BCUT2D eigenvalue weighted by Crippen LogP contribution is 2.49. The van der Waals surface area contributed by atoms with Crippen molar-refractivity contribution < 1.29 is 14.3 Å². The van der Waals surface area contributed by atoms with Gasteiger partial charge in [0.05, 0.1) is 26.4 Å².